The van der Waals surface area contributed by atoms with Crippen LogP contribution in [-0.4, -0.2) is 33.8 Å². The van der Waals surface area contributed by atoms with E-state index in [4.69, 9.17) is 5.73 Å². The first-order chi connectivity index (χ1) is 16.8. The van der Waals surface area contributed by atoms with Crippen molar-refractivity contribution >= 4 is 17.7 Å². The highest BCUT2D eigenvalue weighted by Crippen LogP contribution is 2.36. The molecular weight excluding hydrogens is 457 g/mol. The van der Waals surface area contributed by atoms with Crippen LogP contribution in [0.1, 0.15) is 51.6 Å². The highest BCUT2D eigenvalue weighted by Gasteiger charge is 2.32. The molecule has 0 bridgehead atoms. The van der Waals surface area contributed by atoms with Gasteiger partial charge in [0.15, 0.2) is 5.96 Å². The lowest BCUT2D eigenvalue weighted by molar-refractivity contribution is -0.137. The molecule has 1 atom stereocenters. The summed E-state index contributed by atoms with van der Waals surface area (Å²) in [6.45, 7) is 0.0609. The Morgan fingerprint density at radius 3 is 2.60 bits per heavy atom. The molecule has 2 heterocycles. The molecule has 3 N–H and O–H groups in total. The fraction of sp³-hybridized carbons (Fsp3) is 0.280. The van der Waals surface area contributed by atoms with Crippen molar-refractivity contribution in [1.29, 1.82) is 0 Å². The van der Waals surface area contributed by atoms with Crippen LogP contribution >= 0.6 is 0 Å². The van der Waals surface area contributed by atoms with E-state index in [0.29, 0.717) is 17.1 Å². The molecule has 1 aliphatic rings. The summed E-state index contributed by atoms with van der Waals surface area (Å²) in [4.78, 5) is 27.4. The molecule has 0 spiro atoms. The fourth-order valence-corrected chi connectivity index (χ4v) is 4.18. The van der Waals surface area contributed by atoms with Crippen LogP contribution in [0.2, 0.25) is 0 Å². The van der Waals surface area contributed by atoms with Gasteiger partial charge in [-0.2, -0.15) is 13.2 Å². The standard InChI is InChI=1S/C25H25F3N6O/c1-30-24(29)33-22-12-9-17(13-32-22)23(35)34(15-19-11-10-18(14-31-19)25(26,27)28)21-8-4-6-16-5-2-3-7-20(16)21/h2-3,5,7,9-14,21H,4,6,8,15H2,1H3,(H3,29,30,32,33)/t21-/m1/s1. The van der Waals surface area contributed by atoms with E-state index in [1.807, 2.05) is 24.3 Å². The number of hydrogen-bond acceptors (Lipinski definition) is 4. The Balaban J connectivity index is 1.66. The molecular formula is C25H25F3N6O. The highest BCUT2D eigenvalue weighted by atomic mass is 19.4. The molecule has 182 valence electrons. The zero-order valence-corrected chi connectivity index (χ0v) is 19.1. The maximum atomic E-state index is 13.7. The van der Waals surface area contributed by atoms with Crippen LogP contribution < -0.4 is 11.1 Å². The summed E-state index contributed by atoms with van der Waals surface area (Å²) >= 11 is 0. The predicted molar refractivity (Wildman–Crippen MR) is 127 cm³/mol. The summed E-state index contributed by atoms with van der Waals surface area (Å²) in [6, 6.07) is 13.2. The van der Waals surface area contributed by atoms with Gasteiger partial charge in [0.05, 0.1) is 29.4 Å². The zero-order chi connectivity index (χ0) is 25.0. The van der Waals surface area contributed by atoms with Crippen LogP contribution in [0, 0.1) is 0 Å². The van der Waals surface area contributed by atoms with Gasteiger partial charge in [-0.05, 0) is 54.7 Å². The molecule has 0 unspecified atom stereocenters. The third-order valence-electron chi connectivity index (χ3n) is 5.97. The summed E-state index contributed by atoms with van der Waals surface area (Å²) < 4.78 is 39.0. The van der Waals surface area contributed by atoms with E-state index in [9.17, 15) is 18.0 Å². The quantitative estimate of drug-likeness (QED) is 0.410. The maximum absolute atomic E-state index is 13.7. The van der Waals surface area contributed by atoms with Crippen molar-refractivity contribution in [2.75, 3.05) is 12.4 Å². The van der Waals surface area contributed by atoms with Crippen LogP contribution in [0.5, 0.6) is 0 Å². The second-order valence-corrected chi connectivity index (χ2v) is 8.24. The van der Waals surface area contributed by atoms with E-state index < -0.39 is 11.7 Å². The number of aromatic nitrogens is 2. The molecule has 4 rings (SSSR count). The molecule has 0 aliphatic heterocycles. The summed E-state index contributed by atoms with van der Waals surface area (Å²) in [7, 11) is 1.54. The SMILES string of the molecule is CN=C(N)Nc1ccc(C(=O)N(Cc2ccc(C(F)(F)F)cn2)[C@@H]2CCCc3ccccc32)cn1. The summed E-state index contributed by atoms with van der Waals surface area (Å²) in [6.07, 6.45) is 0.304. The molecule has 35 heavy (non-hydrogen) atoms. The van der Waals surface area contributed by atoms with Crippen LogP contribution in [0.15, 0.2) is 65.9 Å². The van der Waals surface area contributed by atoms with E-state index in [0.717, 1.165) is 42.7 Å². The third-order valence-corrected chi connectivity index (χ3v) is 5.97. The first kappa shape index (κ1) is 24.2. The molecule has 1 aliphatic carbocycles. The molecule has 10 heteroatoms. The number of carbonyl (C=O) groups excluding carboxylic acids is 1. The van der Waals surface area contributed by atoms with Gasteiger partial charge in [0.25, 0.3) is 5.91 Å². The van der Waals surface area contributed by atoms with Gasteiger partial charge >= 0.3 is 6.18 Å². The van der Waals surface area contributed by atoms with Crippen molar-refractivity contribution in [2.24, 2.45) is 10.7 Å². The lowest BCUT2D eigenvalue weighted by Gasteiger charge is -2.36. The monoisotopic (exact) mass is 482 g/mol. The van der Waals surface area contributed by atoms with Crippen molar-refractivity contribution in [3.05, 3.63) is 88.9 Å². The minimum atomic E-state index is -4.48. The Kier molecular flexibility index (Phi) is 6.99. The number of aryl methyl sites for hydroxylation is 1. The summed E-state index contributed by atoms with van der Waals surface area (Å²) in [5.74, 6) is 0.332. The number of nitrogens with zero attached hydrogens (tertiary/aromatic N) is 4. The van der Waals surface area contributed by atoms with E-state index in [2.05, 4.69) is 20.3 Å². The van der Waals surface area contributed by atoms with Gasteiger partial charge in [0.2, 0.25) is 0 Å². The lowest BCUT2D eigenvalue weighted by Crippen LogP contribution is -2.36. The smallest absolute Gasteiger partial charge is 0.370 e. The van der Waals surface area contributed by atoms with Crippen molar-refractivity contribution in [3.8, 4) is 0 Å². The van der Waals surface area contributed by atoms with Crippen molar-refractivity contribution in [2.45, 2.75) is 38.0 Å². The number of nitrogens with two attached hydrogens (primary N) is 1. The van der Waals surface area contributed by atoms with E-state index >= 15 is 0 Å². The van der Waals surface area contributed by atoms with E-state index in [-0.39, 0.29) is 24.5 Å². The molecule has 0 saturated carbocycles. The molecule has 3 aromatic rings. The maximum Gasteiger partial charge on any atom is 0.417 e. The minimum Gasteiger partial charge on any atom is -0.370 e. The van der Waals surface area contributed by atoms with Gasteiger partial charge in [0, 0.05) is 19.4 Å². The number of benzene rings is 1. The van der Waals surface area contributed by atoms with Gasteiger partial charge in [-0.3, -0.25) is 14.8 Å². The number of nitrogens with one attached hydrogen (secondary N) is 1. The number of anilines is 1. The molecule has 1 amide bonds. The highest BCUT2D eigenvalue weighted by molar-refractivity contribution is 5.95. The van der Waals surface area contributed by atoms with Crippen LogP contribution in [0.25, 0.3) is 0 Å². The van der Waals surface area contributed by atoms with E-state index in [1.54, 1.807) is 17.0 Å². The largest absolute Gasteiger partial charge is 0.417 e. The second-order valence-electron chi connectivity index (χ2n) is 8.24. The van der Waals surface area contributed by atoms with Gasteiger partial charge in [-0.25, -0.2) is 4.98 Å². The lowest BCUT2D eigenvalue weighted by atomic mass is 9.86. The summed E-state index contributed by atoms with van der Waals surface area (Å²) in [5.41, 5.74) is 7.75. The first-order valence-corrected chi connectivity index (χ1v) is 11.1. The average molecular weight is 483 g/mol. The number of amides is 1. The Morgan fingerprint density at radius 2 is 1.94 bits per heavy atom. The van der Waals surface area contributed by atoms with Gasteiger partial charge in [-0.15, -0.1) is 0 Å². The second kappa shape index (κ2) is 10.1. The molecule has 0 saturated heterocycles. The number of pyridine rings is 2. The number of halogens is 3. The number of alkyl halides is 3. The Bertz CT molecular complexity index is 1210. The van der Waals surface area contributed by atoms with Crippen LogP contribution in [0.4, 0.5) is 19.0 Å². The zero-order valence-electron chi connectivity index (χ0n) is 19.1. The topological polar surface area (TPSA) is 96.5 Å². The molecule has 0 fully saturated rings. The minimum absolute atomic E-state index is 0.0609. The molecule has 1 aromatic carbocycles. The number of rotatable bonds is 5. The number of fused-ring (bicyclic) bond motifs is 1. The predicted octanol–water partition coefficient (Wildman–Crippen LogP) is 4.57. The average Bonchev–Trinajstić information content (AvgIpc) is 2.87. The Labute approximate surface area is 200 Å². The number of carbonyl (C=O) groups is 1. The van der Waals surface area contributed by atoms with Crippen molar-refractivity contribution in [3.63, 3.8) is 0 Å². The van der Waals surface area contributed by atoms with Gasteiger partial charge < -0.3 is 16.0 Å². The number of guanidine groups is 1. The van der Waals surface area contributed by atoms with Crippen LogP contribution in [0.3, 0.4) is 0 Å². The molecule has 0 radical (unpaired) electrons. The Morgan fingerprint density at radius 1 is 1.14 bits per heavy atom. The summed E-state index contributed by atoms with van der Waals surface area (Å²) in [5, 5.41) is 2.81. The first-order valence-electron chi connectivity index (χ1n) is 11.1. The number of aliphatic imine (C=N–C) groups is 1. The van der Waals surface area contributed by atoms with E-state index in [1.165, 1.54) is 19.3 Å². The normalized spacial score (nSPS) is 15.9. The van der Waals surface area contributed by atoms with Crippen molar-refractivity contribution < 1.29 is 18.0 Å². The van der Waals surface area contributed by atoms with Gasteiger partial charge in [-0.1, -0.05) is 24.3 Å². The van der Waals surface area contributed by atoms with Crippen LogP contribution in [-0.2, 0) is 19.1 Å². The molecule has 7 nitrogen and oxygen atoms in total. The van der Waals surface area contributed by atoms with Gasteiger partial charge in [0.1, 0.15) is 5.82 Å². The number of hydrogen-bond donors (Lipinski definition) is 2. The molecule has 2 aromatic heterocycles. The Hall–Kier alpha value is -3.95. The third kappa shape index (κ3) is 5.59. The fourth-order valence-electron chi connectivity index (χ4n) is 4.18. The van der Waals surface area contributed by atoms with Crippen molar-refractivity contribution in [1.82, 2.24) is 14.9 Å².